The topological polar surface area (TPSA) is 138 Å². The summed E-state index contributed by atoms with van der Waals surface area (Å²) in [5.74, 6) is 6.28. The Morgan fingerprint density at radius 3 is 2.83 bits per heavy atom. The van der Waals surface area contributed by atoms with Crippen molar-refractivity contribution in [3.05, 3.63) is 34.1 Å². The van der Waals surface area contributed by atoms with Crippen molar-refractivity contribution in [2.75, 3.05) is 24.0 Å². The number of anilines is 1. The van der Waals surface area contributed by atoms with Gasteiger partial charge in [-0.25, -0.2) is 4.68 Å². The molecule has 0 spiro atoms. The molecule has 0 saturated carbocycles. The van der Waals surface area contributed by atoms with Gasteiger partial charge in [-0.3, -0.25) is 14.9 Å². The Kier molecular flexibility index (Phi) is 5.58. The highest BCUT2D eigenvalue weighted by atomic mass is 32.2. The molecule has 0 aliphatic heterocycles. The van der Waals surface area contributed by atoms with Crippen LogP contribution in [-0.2, 0) is 11.2 Å². The number of methoxy groups -OCH3 is 1. The molecule has 24 heavy (non-hydrogen) atoms. The molecule has 11 heteroatoms. The zero-order valence-corrected chi connectivity index (χ0v) is 13.9. The molecular weight excluding hydrogens is 336 g/mol. The van der Waals surface area contributed by atoms with E-state index in [1.807, 2.05) is 6.92 Å². The number of nitro groups is 1. The zero-order valence-electron chi connectivity index (χ0n) is 13.1. The SMILES string of the molecule is CCc1nnc(SCC(=O)Nc2ccc(OC)cc2[N+](=O)[O-])n1N. The van der Waals surface area contributed by atoms with E-state index in [1.165, 1.54) is 30.0 Å². The van der Waals surface area contributed by atoms with Gasteiger partial charge in [-0.05, 0) is 12.1 Å². The summed E-state index contributed by atoms with van der Waals surface area (Å²) >= 11 is 1.09. The first-order valence-corrected chi connectivity index (χ1v) is 7.89. The van der Waals surface area contributed by atoms with Crippen molar-refractivity contribution in [1.29, 1.82) is 0 Å². The number of nitrogens with zero attached hydrogens (tertiary/aromatic N) is 4. The van der Waals surface area contributed by atoms with E-state index in [1.54, 1.807) is 0 Å². The van der Waals surface area contributed by atoms with Gasteiger partial charge in [0.05, 0.1) is 23.9 Å². The second-order valence-corrected chi connectivity index (χ2v) is 5.54. The Hall–Kier alpha value is -2.82. The van der Waals surface area contributed by atoms with E-state index in [2.05, 4.69) is 15.5 Å². The van der Waals surface area contributed by atoms with E-state index >= 15 is 0 Å². The third-order valence-electron chi connectivity index (χ3n) is 3.06. The maximum atomic E-state index is 12.0. The normalized spacial score (nSPS) is 10.4. The second kappa shape index (κ2) is 7.64. The highest BCUT2D eigenvalue weighted by Gasteiger charge is 2.18. The monoisotopic (exact) mass is 352 g/mol. The highest BCUT2D eigenvalue weighted by molar-refractivity contribution is 7.99. The van der Waals surface area contributed by atoms with E-state index in [9.17, 15) is 14.9 Å². The van der Waals surface area contributed by atoms with Crippen LogP contribution in [0.25, 0.3) is 0 Å². The lowest BCUT2D eigenvalue weighted by Crippen LogP contribution is -2.17. The lowest BCUT2D eigenvalue weighted by molar-refractivity contribution is -0.384. The third kappa shape index (κ3) is 3.93. The molecule has 0 radical (unpaired) electrons. The summed E-state index contributed by atoms with van der Waals surface area (Å²) in [6, 6.07) is 4.19. The highest BCUT2D eigenvalue weighted by Crippen LogP contribution is 2.29. The number of rotatable bonds is 7. The summed E-state index contributed by atoms with van der Waals surface area (Å²) < 4.78 is 6.26. The zero-order chi connectivity index (χ0) is 17.7. The molecule has 0 bridgehead atoms. The smallest absolute Gasteiger partial charge is 0.296 e. The summed E-state index contributed by atoms with van der Waals surface area (Å²) in [5, 5.41) is 21.7. The quantitative estimate of drug-likeness (QED) is 0.328. The van der Waals surface area contributed by atoms with Gasteiger partial charge in [0.15, 0.2) is 5.82 Å². The number of ether oxygens (including phenoxy) is 1. The summed E-state index contributed by atoms with van der Waals surface area (Å²) in [4.78, 5) is 22.5. The first kappa shape index (κ1) is 17.5. The minimum Gasteiger partial charge on any atom is -0.496 e. The Balaban J connectivity index is 2.04. The Morgan fingerprint density at radius 2 is 2.25 bits per heavy atom. The van der Waals surface area contributed by atoms with Gasteiger partial charge in [0.1, 0.15) is 11.4 Å². The van der Waals surface area contributed by atoms with Gasteiger partial charge in [-0.2, -0.15) is 0 Å². The first-order chi connectivity index (χ1) is 11.5. The van der Waals surface area contributed by atoms with Gasteiger partial charge in [0.2, 0.25) is 11.1 Å². The fraction of sp³-hybridized carbons (Fsp3) is 0.308. The molecule has 2 rings (SSSR count). The summed E-state index contributed by atoms with van der Waals surface area (Å²) in [7, 11) is 1.40. The van der Waals surface area contributed by atoms with Gasteiger partial charge in [-0.15, -0.1) is 10.2 Å². The average Bonchev–Trinajstić information content (AvgIpc) is 2.93. The fourth-order valence-electron chi connectivity index (χ4n) is 1.86. The fourth-order valence-corrected chi connectivity index (χ4v) is 2.53. The Morgan fingerprint density at radius 1 is 1.50 bits per heavy atom. The van der Waals surface area contributed by atoms with Crippen molar-refractivity contribution in [3.63, 3.8) is 0 Å². The molecule has 1 amide bonds. The van der Waals surface area contributed by atoms with Gasteiger partial charge < -0.3 is 15.9 Å². The first-order valence-electron chi connectivity index (χ1n) is 6.90. The molecule has 1 aromatic heterocycles. The number of thioether (sulfide) groups is 1. The number of nitrogens with two attached hydrogens (primary N) is 1. The molecule has 0 atom stereocenters. The lowest BCUT2D eigenvalue weighted by atomic mass is 10.2. The van der Waals surface area contributed by atoms with Crippen molar-refractivity contribution >= 4 is 29.0 Å². The number of hydrogen-bond acceptors (Lipinski definition) is 8. The van der Waals surface area contributed by atoms with Crippen LogP contribution >= 0.6 is 11.8 Å². The van der Waals surface area contributed by atoms with E-state index in [-0.39, 0.29) is 17.1 Å². The summed E-state index contributed by atoms with van der Waals surface area (Å²) in [6.07, 6.45) is 0.619. The minimum atomic E-state index is -0.588. The van der Waals surface area contributed by atoms with E-state index < -0.39 is 10.8 Å². The largest absolute Gasteiger partial charge is 0.496 e. The van der Waals surface area contributed by atoms with Crippen LogP contribution < -0.4 is 15.9 Å². The number of nitrogen functional groups attached to an aromatic ring is 1. The maximum absolute atomic E-state index is 12.0. The summed E-state index contributed by atoms with van der Waals surface area (Å²) in [5.41, 5.74) is -0.155. The van der Waals surface area contributed by atoms with Crippen molar-refractivity contribution in [1.82, 2.24) is 14.9 Å². The van der Waals surface area contributed by atoms with Crippen LogP contribution in [0, 0.1) is 10.1 Å². The van der Waals surface area contributed by atoms with Gasteiger partial charge in [-0.1, -0.05) is 18.7 Å². The Bertz CT molecular complexity index is 763. The molecule has 1 heterocycles. The van der Waals surface area contributed by atoms with Crippen LogP contribution in [0.4, 0.5) is 11.4 Å². The van der Waals surface area contributed by atoms with Crippen LogP contribution in [0.1, 0.15) is 12.7 Å². The van der Waals surface area contributed by atoms with Crippen molar-refractivity contribution < 1.29 is 14.5 Å². The second-order valence-electron chi connectivity index (χ2n) is 4.60. The van der Waals surface area contributed by atoms with Crippen molar-refractivity contribution in [3.8, 4) is 5.75 Å². The number of aryl methyl sites for hydroxylation is 1. The molecule has 0 fully saturated rings. The molecule has 128 valence electrons. The van der Waals surface area contributed by atoms with Crippen LogP contribution in [0.5, 0.6) is 5.75 Å². The standard InChI is InChI=1S/C13H16N6O4S/c1-3-11-16-17-13(18(11)14)24-7-12(20)15-9-5-4-8(23-2)6-10(9)19(21)22/h4-6H,3,7,14H2,1-2H3,(H,15,20). The number of nitro benzene ring substituents is 1. The molecule has 2 aromatic rings. The molecule has 3 N–H and O–H groups in total. The predicted molar refractivity (Wildman–Crippen MR) is 88.6 cm³/mol. The molecular formula is C13H16N6O4S. The number of carbonyl (C=O) groups is 1. The maximum Gasteiger partial charge on any atom is 0.296 e. The van der Waals surface area contributed by atoms with Crippen LogP contribution in [0.2, 0.25) is 0 Å². The van der Waals surface area contributed by atoms with E-state index in [0.29, 0.717) is 23.2 Å². The molecule has 0 aliphatic rings. The minimum absolute atomic E-state index is 0.0117. The molecule has 10 nitrogen and oxygen atoms in total. The number of carbonyl (C=O) groups excluding carboxylic acids is 1. The van der Waals surface area contributed by atoms with Gasteiger partial charge in [0, 0.05) is 6.42 Å². The van der Waals surface area contributed by atoms with E-state index in [0.717, 1.165) is 11.8 Å². The number of nitrogens with one attached hydrogen (secondary N) is 1. The van der Waals surface area contributed by atoms with E-state index in [4.69, 9.17) is 10.6 Å². The van der Waals surface area contributed by atoms with Crippen molar-refractivity contribution in [2.45, 2.75) is 18.5 Å². The average molecular weight is 352 g/mol. The van der Waals surface area contributed by atoms with Crippen molar-refractivity contribution in [2.24, 2.45) is 0 Å². The molecule has 0 unspecified atom stereocenters. The van der Waals surface area contributed by atoms with Gasteiger partial charge in [0.25, 0.3) is 5.69 Å². The number of amides is 1. The summed E-state index contributed by atoms with van der Waals surface area (Å²) in [6.45, 7) is 1.89. The van der Waals surface area contributed by atoms with Crippen LogP contribution in [-0.4, -0.2) is 38.6 Å². The number of aromatic nitrogens is 3. The van der Waals surface area contributed by atoms with Crippen LogP contribution in [0.15, 0.2) is 23.4 Å². The third-order valence-corrected chi connectivity index (χ3v) is 4.00. The molecule has 0 saturated heterocycles. The number of benzene rings is 1. The Labute approximate surface area is 141 Å². The molecule has 0 aliphatic carbocycles. The molecule has 1 aromatic carbocycles. The number of hydrogen-bond donors (Lipinski definition) is 2. The van der Waals surface area contributed by atoms with Gasteiger partial charge >= 0.3 is 0 Å². The lowest BCUT2D eigenvalue weighted by Gasteiger charge is -2.07. The van der Waals surface area contributed by atoms with Crippen LogP contribution in [0.3, 0.4) is 0 Å². The predicted octanol–water partition coefficient (Wildman–Crippen LogP) is 1.20.